The Morgan fingerprint density at radius 2 is 1.82 bits per heavy atom. The van der Waals surface area contributed by atoms with Crippen LogP contribution >= 0.6 is 0 Å². The Balaban J connectivity index is 1.29. The number of halogens is 3. The highest BCUT2D eigenvalue weighted by Gasteiger charge is 2.59. The van der Waals surface area contributed by atoms with Crippen LogP contribution in [0.2, 0.25) is 0 Å². The Bertz CT molecular complexity index is 1370. The van der Waals surface area contributed by atoms with E-state index in [0.717, 1.165) is 23.4 Å². The highest BCUT2D eigenvalue weighted by Crippen LogP contribution is 2.61. The molecule has 1 saturated carbocycles. The largest absolute Gasteiger partial charge is 0.481 e. The lowest BCUT2D eigenvalue weighted by molar-refractivity contribution is -0.139. The quantitative estimate of drug-likeness (QED) is 0.391. The topological polar surface area (TPSA) is 102 Å². The minimum atomic E-state index is -4.63. The second-order valence-corrected chi connectivity index (χ2v) is 10.4. The number of carbonyl (C=O) groups is 1. The lowest BCUT2D eigenvalue weighted by Crippen LogP contribution is -2.22. The zero-order valence-electron chi connectivity index (χ0n) is 20.8. The molecule has 0 spiro atoms. The molecule has 10 heteroatoms. The minimum Gasteiger partial charge on any atom is -0.481 e. The maximum atomic E-state index is 13.9. The van der Waals surface area contributed by atoms with E-state index in [0.29, 0.717) is 23.4 Å². The Kier molecular flexibility index (Phi) is 6.54. The normalized spacial score (nSPS) is 20.0. The van der Waals surface area contributed by atoms with Gasteiger partial charge in [-0.1, -0.05) is 18.2 Å². The summed E-state index contributed by atoms with van der Waals surface area (Å²) in [6.07, 6.45) is -0.909. The maximum absolute atomic E-state index is 13.9. The Morgan fingerprint density at radius 1 is 1.08 bits per heavy atom. The van der Waals surface area contributed by atoms with Crippen molar-refractivity contribution in [1.82, 2.24) is 9.97 Å². The average Bonchev–Trinajstić information content (AvgIpc) is 3.44. The van der Waals surface area contributed by atoms with Crippen molar-refractivity contribution in [3.05, 3.63) is 71.0 Å². The number of benzene rings is 1. The molecule has 2 aliphatic rings. The van der Waals surface area contributed by atoms with Gasteiger partial charge in [0.2, 0.25) is 11.8 Å². The third kappa shape index (κ3) is 5.45. The van der Waals surface area contributed by atoms with Gasteiger partial charge >= 0.3 is 12.1 Å². The molecular formula is C28H27F3N2O5. The molecule has 1 aromatic carbocycles. The molecule has 2 aromatic heterocycles. The maximum Gasteiger partial charge on any atom is 0.417 e. The fourth-order valence-electron chi connectivity index (χ4n) is 5.06. The van der Waals surface area contributed by atoms with Crippen LogP contribution in [-0.2, 0) is 24.0 Å². The number of hydrogen-bond donors (Lipinski definition) is 2. The number of ether oxygens (including phenoxy) is 2. The van der Waals surface area contributed by atoms with Crippen LogP contribution in [0.25, 0.3) is 11.1 Å². The van der Waals surface area contributed by atoms with Crippen LogP contribution in [0.1, 0.15) is 48.4 Å². The molecule has 38 heavy (non-hydrogen) atoms. The van der Waals surface area contributed by atoms with E-state index in [9.17, 15) is 28.2 Å². The van der Waals surface area contributed by atoms with E-state index in [-0.39, 0.29) is 48.8 Å². The minimum absolute atomic E-state index is 0.0236. The molecule has 1 fully saturated rings. The van der Waals surface area contributed by atoms with Crippen molar-refractivity contribution in [3.63, 3.8) is 0 Å². The summed E-state index contributed by atoms with van der Waals surface area (Å²) in [5, 5.41) is 19.0. The number of fused-ring (bicyclic) bond motifs is 3. The first-order chi connectivity index (χ1) is 17.9. The van der Waals surface area contributed by atoms with Crippen LogP contribution in [0.3, 0.4) is 0 Å². The number of aromatic nitrogens is 2. The van der Waals surface area contributed by atoms with Crippen LogP contribution in [0, 0.1) is 11.8 Å². The number of carboxylic acid groups (broad SMARTS) is 1. The van der Waals surface area contributed by atoms with Gasteiger partial charge in [0.25, 0.3) is 0 Å². The molecule has 0 amide bonds. The molecule has 0 unspecified atom stereocenters. The molecule has 0 radical (unpaired) electrons. The standard InChI is InChI=1S/C28H27F3N2O5/c1-27(2,36)6-7-37-23-11-21(28(29,30)31)19(12-32-23)16-5-3-4-15(8-16)14-38-22-10-17-9-18-24(20(17)13-33-22)25(18)26(34)35/h3-5,8,10-13,18,24-25,36H,6-7,9,14H2,1-2H3,(H,34,35)/t18-,24-,25+/m1/s1. The third-order valence-electron chi connectivity index (χ3n) is 7.04. The number of pyridine rings is 2. The first-order valence-corrected chi connectivity index (χ1v) is 12.3. The molecule has 5 rings (SSSR count). The van der Waals surface area contributed by atoms with Crippen molar-refractivity contribution >= 4 is 5.97 Å². The summed E-state index contributed by atoms with van der Waals surface area (Å²) >= 11 is 0. The monoisotopic (exact) mass is 528 g/mol. The van der Waals surface area contributed by atoms with Gasteiger partial charge in [-0.25, -0.2) is 9.97 Å². The van der Waals surface area contributed by atoms with E-state index in [1.807, 2.05) is 6.07 Å². The van der Waals surface area contributed by atoms with Gasteiger partial charge < -0.3 is 19.7 Å². The molecule has 0 saturated heterocycles. The molecule has 3 aromatic rings. The van der Waals surface area contributed by atoms with E-state index in [2.05, 4.69) is 9.97 Å². The number of aliphatic carboxylic acids is 1. The lowest BCUT2D eigenvalue weighted by Gasteiger charge is -2.18. The fourth-order valence-corrected chi connectivity index (χ4v) is 5.06. The van der Waals surface area contributed by atoms with Gasteiger partial charge in [0.05, 0.1) is 23.7 Å². The van der Waals surface area contributed by atoms with E-state index < -0.39 is 23.3 Å². The molecule has 0 bridgehead atoms. The van der Waals surface area contributed by atoms with Crippen LogP contribution in [-0.4, -0.2) is 38.4 Å². The molecule has 200 valence electrons. The predicted octanol–water partition coefficient (Wildman–Crippen LogP) is 5.25. The number of aliphatic hydroxyl groups is 1. The molecule has 0 aliphatic heterocycles. The van der Waals surface area contributed by atoms with Gasteiger partial charge in [-0.15, -0.1) is 0 Å². The van der Waals surface area contributed by atoms with Gasteiger partial charge in [0, 0.05) is 42.4 Å². The average molecular weight is 529 g/mol. The fraction of sp³-hybridized carbons (Fsp3) is 0.393. The second kappa shape index (κ2) is 9.58. The number of alkyl halides is 3. The van der Waals surface area contributed by atoms with Crippen LogP contribution < -0.4 is 9.47 Å². The van der Waals surface area contributed by atoms with Crippen molar-refractivity contribution in [2.45, 2.75) is 51.0 Å². The number of nitrogens with zero attached hydrogens (tertiary/aromatic N) is 2. The zero-order valence-corrected chi connectivity index (χ0v) is 20.8. The molecule has 2 N–H and O–H groups in total. The Morgan fingerprint density at radius 3 is 2.53 bits per heavy atom. The van der Waals surface area contributed by atoms with Crippen LogP contribution in [0.15, 0.2) is 48.8 Å². The van der Waals surface area contributed by atoms with Gasteiger partial charge in [-0.05, 0) is 54.5 Å². The SMILES string of the molecule is CC(C)(O)CCOc1cc(C(F)(F)F)c(-c2cccc(COc3cc4c(cn3)[C@H]3[C@@H](C4)[C@@H]3C(=O)O)c2)cn1. The molecular weight excluding hydrogens is 501 g/mol. The molecule has 7 nitrogen and oxygen atoms in total. The van der Waals surface area contributed by atoms with Gasteiger partial charge in [0.15, 0.2) is 0 Å². The van der Waals surface area contributed by atoms with Crippen molar-refractivity contribution in [2.75, 3.05) is 6.61 Å². The Labute approximate surface area is 217 Å². The first kappa shape index (κ1) is 26.0. The van der Waals surface area contributed by atoms with Crippen molar-refractivity contribution < 1.29 is 37.7 Å². The van der Waals surface area contributed by atoms with Gasteiger partial charge in [-0.3, -0.25) is 4.79 Å². The van der Waals surface area contributed by atoms with Crippen LogP contribution in [0.5, 0.6) is 11.8 Å². The molecule has 2 heterocycles. The van der Waals surface area contributed by atoms with Gasteiger partial charge in [-0.2, -0.15) is 13.2 Å². The van der Waals surface area contributed by atoms with Crippen LogP contribution in [0.4, 0.5) is 13.2 Å². The lowest BCUT2D eigenvalue weighted by atomic mass is 10.00. The zero-order chi connectivity index (χ0) is 27.2. The summed E-state index contributed by atoms with van der Waals surface area (Å²) in [6.45, 7) is 3.29. The Hall–Kier alpha value is -3.66. The summed E-state index contributed by atoms with van der Waals surface area (Å²) in [7, 11) is 0. The van der Waals surface area contributed by atoms with E-state index in [1.165, 1.54) is 0 Å². The predicted molar refractivity (Wildman–Crippen MR) is 131 cm³/mol. The number of hydrogen-bond acceptors (Lipinski definition) is 6. The first-order valence-electron chi connectivity index (χ1n) is 12.3. The molecule has 2 aliphatic carbocycles. The summed E-state index contributed by atoms with van der Waals surface area (Å²) in [4.78, 5) is 19.6. The summed E-state index contributed by atoms with van der Waals surface area (Å²) < 4.78 is 52.9. The molecule has 3 atom stereocenters. The van der Waals surface area contributed by atoms with Crippen molar-refractivity contribution in [3.8, 4) is 22.9 Å². The van der Waals surface area contributed by atoms with Gasteiger partial charge in [0.1, 0.15) is 6.61 Å². The summed E-state index contributed by atoms with van der Waals surface area (Å²) in [5.41, 5.74) is 1.000. The van der Waals surface area contributed by atoms with Crippen molar-refractivity contribution in [2.24, 2.45) is 11.8 Å². The number of carboxylic acids is 1. The highest BCUT2D eigenvalue weighted by atomic mass is 19.4. The van der Waals surface area contributed by atoms with Crippen molar-refractivity contribution in [1.29, 1.82) is 0 Å². The second-order valence-electron chi connectivity index (χ2n) is 10.4. The summed E-state index contributed by atoms with van der Waals surface area (Å²) in [5.74, 6) is -0.750. The van der Waals surface area contributed by atoms with E-state index in [1.54, 1.807) is 44.3 Å². The smallest absolute Gasteiger partial charge is 0.417 e. The number of rotatable bonds is 9. The van der Waals surface area contributed by atoms with E-state index in [4.69, 9.17) is 9.47 Å². The van der Waals surface area contributed by atoms with E-state index >= 15 is 0 Å². The summed E-state index contributed by atoms with van der Waals surface area (Å²) in [6, 6.07) is 9.27. The third-order valence-corrected chi connectivity index (χ3v) is 7.04. The highest BCUT2D eigenvalue weighted by molar-refractivity contribution is 5.77.